The summed E-state index contributed by atoms with van der Waals surface area (Å²) in [6.07, 6.45) is 2.54. The van der Waals surface area contributed by atoms with Gasteiger partial charge in [0.1, 0.15) is 0 Å². The standard InChI is InChI=1S/C13H13BrN2O/c14-11-5-3-8-16(13(11)17)9-7-10-4-1-2-6-12(10)15/h1-6,8H,7,9,15H2. The Balaban J connectivity index is 2.16. The molecule has 0 saturated carbocycles. The fourth-order valence-corrected chi connectivity index (χ4v) is 2.07. The lowest BCUT2D eigenvalue weighted by atomic mass is 10.1. The zero-order valence-electron chi connectivity index (χ0n) is 9.27. The van der Waals surface area contributed by atoms with E-state index in [0.717, 1.165) is 17.7 Å². The lowest BCUT2D eigenvalue weighted by Crippen LogP contribution is -2.20. The molecule has 3 nitrogen and oxygen atoms in total. The summed E-state index contributed by atoms with van der Waals surface area (Å²) in [7, 11) is 0. The van der Waals surface area contributed by atoms with E-state index in [1.807, 2.05) is 30.3 Å². The fraction of sp³-hybridized carbons (Fsp3) is 0.154. The van der Waals surface area contributed by atoms with Crippen LogP contribution in [-0.4, -0.2) is 4.57 Å². The van der Waals surface area contributed by atoms with Gasteiger partial charge in [-0.15, -0.1) is 0 Å². The predicted molar refractivity (Wildman–Crippen MR) is 73.0 cm³/mol. The van der Waals surface area contributed by atoms with Crippen molar-refractivity contribution in [2.24, 2.45) is 0 Å². The Morgan fingerprint density at radius 3 is 2.71 bits per heavy atom. The molecule has 0 spiro atoms. The highest BCUT2D eigenvalue weighted by atomic mass is 79.9. The number of benzene rings is 1. The van der Waals surface area contributed by atoms with Crippen molar-refractivity contribution in [3.63, 3.8) is 0 Å². The molecule has 0 aliphatic heterocycles. The second kappa shape index (κ2) is 5.19. The van der Waals surface area contributed by atoms with Crippen LogP contribution in [0.4, 0.5) is 5.69 Å². The Morgan fingerprint density at radius 1 is 1.18 bits per heavy atom. The van der Waals surface area contributed by atoms with E-state index in [1.165, 1.54) is 0 Å². The number of hydrogen-bond donors (Lipinski definition) is 1. The highest BCUT2D eigenvalue weighted by molar-refractivity contribution is 9.10. The number of nitrogens with two attached hydrogens (primary N) is 1. The highest BCUT2D eigenvalue weighted by Gasteiger charge is 2.02. The Hall–Kier alpha value is -1.55. The topological polar surface area (TPSA) is 48.0 Å². The molecule has 88 valence electrons. The van der Waals surface area contributed by atoms with E-state index in [1.54, 1.807) is 16.8 Å². The number of rotatable bonds is 3. The van der Waals surface area contributed by atoms with E-state index in [9.17, 15) is 4.79 Å². The van der Waals surface area contributed by atoms with Crippen LogP contribution >= 0.6 is 15.9 Å². The number of nitrogen functional groups attached to an aromatic ring is 1. The smallest absolute Gasteiger partial charge is 0.264 e. The summed E-state index contributed by atoms with van der Waals surface area (Å²) in [5.74, 6) is 0. The van der Waals surface area contributed by atoms with Gasteiger partial charge >= 0.3 is 0 Å². The number of nitrogens with zero attached hydrogens (tertiary/aromatic N) is 1. The molecule has 17 heavy (non-hydrogen) atoms. The van der Waals surface area contributed by atoms with Crippen LogP contribution in [0, 0.1) is 0 Å². The van der Waals surface area contributed by atoms with Gasteiger partial charge in [-0.1, -0.05) is 18.2 Å². The largest absolute Gasteiger partial charge is 0.399 e. The average molecular weight is 293 g/mol. The molecule has 2 N–H and O–H groups in total. The Bertz CT molecular complexity index is 578. The second-order valence-electron chi connectivity index (χ2n) is 3.80. The van der Waals surface area contributed by atoms with Crippen LogP contribution in [0.5, 0.6) is 0 Å². The van der Waals surface area contributed by atoms with E-state index >= 15 is 0 Å². The molecule has 0 amide bonds. The van der Waals surface area contributed by atoms with Crippen molar-refractivity contribution in [1.82, 2.24) is 4.57 Å². The number of anilines is 1. The van der Waals surface area contributed by atoms with Crippen LogP contribution in [0.1, 0.15) is 5.56 Å². The van der Waals surface area contributed by atoms with E-state index in [4.69, 9.17) is 5.73 Å². The van der Waals surface area contributed by atoms with Crippen molar-refractivity contribution in [2.75, 3.05) is 5.73 Å². The number of hydrogen-bond acceptors (Lipinski definition) is 2. The zero-order valence-corrected chi connectivity index (χ0v) is 10.9. The predicted octanol–water partition coefficient (Wildman–Crippen LogP) is 2.44. The molecule has 2 aromatic rings. The maximum absolute atomic E-state index is 11.8. The van der Waals surface area contributed by atoms with E-state index in [2.05, 4.69) is 15.9 Å². The molecule has 1 aromatic heterocycles. The van der Waals surface area contributed by atoms with Crippen molar-refractivity contribution < 1.29 is 0 Å². The minimum atomic E-state index is -0.0120. The summed E-state index contributed by atoms with van der Waals surface area (Å²) in [5, 5.41) is 0. The molecule has 0 atom stereocenters. The molecule has 1 aromatic carbocycles. The number of aryl methyl sites for hydroxylation is 2. The van der Waals surface area contributed by atoms with Crippen LogP contribution in [0.3, 0.4) is 0 Å². The fourth-order valence-electron chi connectivity index (χ4n) is 1.69. The van der Waals surface area contributed by atoms with Gasteiger partial charge in [0, 0.05) is 18.4 Å². The van der Waals surface area contributed by atoms with Crippen LogP contribution in [0.25, 0.3) is 0 Å². The molecule has 0 aliphatic carbocycles. The third-order valence-electron chi connectivity index (χ3n) is 2.65. The maximum Gasteiger partial charge on any atom is 0.264 e. The van der Waals surface area contributed by atoms with Gasteiger partial charge in [-0.05, 0) is 46.1 Å². The summed E-state index contributed by atoms with van der Waals surface area (Å²) in [6.45, 7) is 0.631. The van der Waals surface area contributed by atoms with Gasteiger partial charge in [0.25, 0.3) is 5.56 Å². The molecule has 0 bridgehead atoms. The minimum Gasteiger partial charge on any atom is -0.399 e. The first-order valence-electron chi connectivity index (χ1n) is 5.37. The van der Waals surface area contributed by atoms with Crippen LogP contribution < -0.4 is 11.3 Å². The molecule has 0 fully saturated rings. The van der Waals surface area contributed by atoms with E-state index < -0.39 is 0 Å². The molecule has 1 heterocycles. The molecule has 0 aliphatic rings. The number of halogens is 1. The first-order valence-corrected chi connectivity index (χ1v) is 6.16. The van der Waals surface area contributed by atoms with Crippen molar-refractivity contribution >= 4 is 21.6 Å². The first kappa shape index (κ1) is 11.9. The van der Waals surface area contributed by atoms with Crippen LogP contribution in [0.15, 0.2) is 51.9 Å². The lowest BCUT2D eigenvalue weighted by Gasteiger charge is -2.07. The molecule has 0 saturated heterocycles. The van der Waals surface area contributed by atoms with Gasteiger partial charge in [0.2, 0.25) is 0 Å². The summed E-state index contributed by atoms with van der Waals surface area (Å²) in [5.41, 5.74) is 7.69. The number of aromatic nitrogens is 1. The van der Waals surface area contributed by atoms with Crippen molar-refractivity contribution in [1.29, 1.82) is 0 Å². The van der Waals surface area contributed by atoms with Gasteiger partial charge in [0.15, 0.2) is 0 Å². The summed E-state index contributed by atoms with van der Waals surface area (Å²) in [4.78, 5) is 11.8. The second-order valence-corrected chi connectivity index (χ2v) is 4.66. The number of para-hydroxylation sites is 1. The first-order chi connectivity index (χ1) is 8.18. The maximum atomic E-state index is 11.8. The van der Waals surface area contributed by atoms with Gasteiger partial charge in [0.05, 0.1) is 4.47 Å². The van der Waals surface area contributed by atoms with Crippen molar-refractivity contribution in [2.45, 2.75) is 13.0 Å². The normalized spacial score (nSPS) is 10.4. The Labute approximate surface area is 108 Å². The SMILES string of the molecule is Nc1ccccc1CCn1cccc(Br)c1=O. The monoisotopic (exact) mass is 292 g/mol. The third kappa shape index (κ3) is 2.77. The quantitative estimate of drug-likeness (QED) is 0.884. The number of pyridine rings is 1. The molecule has 2 rings (SSSR count). The van der Waals surface area contributed by atoms with Gasteiger partial charge in [-0.2, -0.15) is 0 Å². The van der Waals surface area contributed by atoms with Gasteiger partial charge < -0.3 is 10.3 Å². The summed E-state index contributed by atoms with van der Waals surface area (Å²) >= 11 is 3.23. The van der Waals surface area contributed by atoms with Crippen LogP contribution in [-0.2, 0) is 13.0 Å². The van der Waals surface area contributed by atoms with Crippen molar-refractivity contribution in [3.8, 4) is 0 Å². The molecular weight excluding hydrogens is 280 g/mol. The van der Waals surface area contributed by atoms with E-state index in [-0.39, 0.29) is 5.56 Å². The molecular formula is C13H13BrN2O. The summed E-state index contributed by atoms with van der Waals surface area (Å²) in [6, 6.07) is 11.3. The van der Waals surface area contributed by atoms with Gasteiger partial charge in [-0.25, -0.2) is 0 Å². The van der Waals surface area contributed by atoms with Crippen molar-refractivity contribution in [3.05, 3.63) is 63.0 Å². The van der Waals surface area contributed by atoms with E-state index in [0.29, 0.717) is 11.0 Å². The Kier molecular flexibility index (Phi) is 3.64. The molecule has 4 heteroatoms. The van der Waals surface area contributed by atoms with Crippen LogP contribution in [0.2, 0.25) is 0 Å². The lowest BCUT2D eigenvalue weighted by molar-refractivity contribution is 0.667. The highest BCUT2D eigenvalue weighted by Crippen LogP contribution is 2.11. The molecule has 0 unspecified atom stereocenters. The summed E-state index contributed by atoms with van der Waals surface area (Å²) < 4.78 is 2.26. The minimum absolute atomic E-state index is 0.0120. The zero-order chi connectivity index (χ0) is 12.3. The van der Waals surface area contributed by atoms with Gasteiger partial charge in [-0.3, -0.25) is 4.79 Å². The average Bonchev–Trinajstić information content (AvgIpc) is 2.33. The third-order valence-corrected chi connectivity index (χ3v) is 3.25. The molecule has 0 radical (unpaired) electrons. The Morgan fingerprint density at radius 2 is 1.94 bits per heavy atom.